The molecule has 0 aliphatic carbocycles. The Bertz CT molecular complexity index is 348. The minimum absolute atomic E-state index is 0.138. The molecular formula is C11H13NO3. The number of Topliss-reactive ketones (excluding diaryl/α,β-unsaturated/α-hetero) is 1. The summed E-state index contributed by atoms with van der Waals surface area (Å²) in [6, 6.07) is 8.21. The topological polar surface area (TPSA) is 55.4 Å². The molecule has 1 atom stereocenters. The van der Waals surface area contributed by atoms with Crippen LogP contribution in [0.2, 0.25) is 0 Å². The van der Waals surface area contributed by atoms with E-state index in [-0.39, 0.29) is 5.78 Å². The van der Waals surface area contributed by atoms with E-state index in [4.69, 9.17) is 0 Å². The van der Waals surface area contributed by atoms with E-state index in [0.29, 0.717) is 5.56 Å². The monoisotopic (exact) mass is 207 g/mol. The van der Waals surface area contributed by atoms with Crippen LogP contribution in [0.5, 0.6) is 0 Å². The van der Waals surface area contributed by atoms with Crippen molar-refractivity contribution in [3.05, 3.63) is 35.9 Å². The van der Waals surface area contributed by atoms with Crippen molar-refractivity contribution in [1.29, 1.82) is 0 Å². The fourth-order valence-electron chi connectivity index (χ4n) is 1.15. The largest absolute Gasteiger partial charge is 0.453 e. The van der Waals surface area contributed by atoms with Crippen LogP contribution < -0.4 is 5.32 Å². The average molecular weight is 207 g/mol. The summed E-state index contributed by atoms with van der Waals surface area (Å²) >= 11 is 0. The van der Waals surface area contributed by atoms with Gasteiger partial charge in [0.05, 0.1) is 13.2 Å². The molecule has 0 bridgehead atoms. The van der Waals surface area contributed by atoms with Gasteiger partial charge in [-0.05, 0) is 6.92 Å². The second-order valence-corrected chi connectivity index (χ2v) is 3.09. The zero-order chi connectivity index (χ0) is 11.3. The predicted octanol–water partition coefficient (Wildman–Crippen LogP) is 1.61. The highest BCUT2D eigenvalue weighted by Gasteiger charge is 2.16. The summed E-state index contributed by atoms with van der Waals surface area (Å²) < 4.78 is 4.40. The minimum Gasteiger partial charge on any atom is -0.453 e. The first-order chi connectivity index (χ1) is 7.15. The standard InChI is InChI=1S/C11H13NO3/c1-8(12-11(14)15-2)10(13)9-6-4-3-5-7-9/h3-8H,1-2H3,(H,12,14)/t8-/m0/s1. The molecule has 0 unspecified atom stereocenters. The second kappa shape index (κ2) is 5.14. The quantitative estimate of drug-likeness (QED) is 0.766. The lowest BCUT2D eigenvalue weighted by Crippen LogP contribution is -2.38. The van der Waals surface area contributed by atoms with Crippen molar-refractivity contribution >= 4 is 11.9 Å². The van der Waals surface area contributed by atoms with Crippen molar-refractivity contribution in [2.45, 2.75) is 13.0 Å². The van der Waals surface area contributed by atoms with E-state index in [1.54, 1.807) is 31.2 Å². The summed E-state index contributed by atoms with van der Waals surface area (Å²) in [5, 5.41) is 2.42. The summed E-state index contributed by atoms with van der Waals surface area (Å²) in [4.78, 5) is 22.6. The molecular weight excluding hydrogens is 194 g/mol. The summed E-state index contributed by atoms with van der Waals surface area (Å²) in [6.45, 7) is 1.62. The molecule has 15 heavy (non-hydrogen) atoms. The van der Waals surface area contributed by atoms with Crippen LogP contribution in [0.1, 0.15) is 17.3 Å². The molecule has 0 heterocycles. The van der Waals surface area contributed by atoms with Crippen molar-refractivity contribution in [1.82, 2.24) is 5.32 Å². The summed E-state index contributed by atoms with van der Waals surface area (Å²) in [5.41, 5.74) is 0.571. The zero-order valence-electron chi connectivity index (χ0n) is 8.69. The minimum atomic E-state index is -0.605. The molecule has 0 aliphatic heterocycles. The van der Waals surface area contributed by atoms with Gasteiger partial charge in [0, 0.05) is 5.56 Å². The molecule has 0 aliphatic rings. The van der Waals surface area contributed by atoms with E-state index in [9.17, 15) is 9.59 Å². The molecule has 0 radical (unpaired) electrons. The number of ketones is 1. The third kappa shape index (κ3) is 3.09. The molecule has 1 rings (SSSR count). The number of amides is 1. The maximum Gasteiger partial charge on any atom is 0.407 e. The molecule has 0 fully saturated rings. The van der Waals surface area contributed by atoms with Gasteiger partial charge in [0.15, 0.2) is 5.78 Å². The first-order valence-corrected chi connectivity index (χ1v) is 4.59. The molecule has 1 aromatic carbocycles. The van der Waals surface area contributed by atoms with Crippen molar-refractivity contribution < 1.29 is 14.3 Å². The number of carbonyl (C=O) groups excluding carboxylic acids is 2. The molecule has 1 N–H and O–H groups in total. The van der Waals surface area contributed by atoms with Gasteiger partial charge < -0.3 is 10.1 Å². The van der Waals surface area contributed by atoms with Gasteiger partial charge >= 0.3 is 6.09 Å². The molecule has 80 valence electrons. The first-order valence-electron chi connectivity index (χ1n) is 4.59. The molecule has 0 aromatic heterocycles. The van der Waals surface area contributed by atoms with Gasteiger partial charge in [-0.1, -0.05) is 30.3 Å². The van der Waals surface area contributed by atoms with E-state index in [0.717, 1.165) is 0 Å². The number of rotatable bonds is 3. The number of benzene rings is 1. The lowest BCUT2D eigenvalue weighted by Gasteiger charge is -2.11. The summed E-state index contributed by atoms with van der Waals surface area (Å²) in [6.07, 6.45) is -0.605. The van der Waals surface area contributed by atoms with Crippen molar-refractivity contribution in [2.75, 3.05) is 7.11 Å². The second-order valence-electron chi connectivity index (χ2n) is 3.09. The van der Waals surface area contributed by atoms with Crippen LogP contribution in [0.15, 0.2) is 30.3 Å². The Balaban J connectivity index is 2.65. The van der Waals surface area contributed by atoms with Crippen LogP contribution in [-0.2, 0) is 4.74 Å². The Morgan fingerprint density at radius 1 is 1.27 bits per heavy atom. The molecule has 0 saturated heterocycles. The van der Waals surface area contributed by atoms with Crippen molar-refractivity contribution in [2.24, 2.45) is 0 Å². The molecule has 1 amide bonds. The fourth-order valence-corrected chi connectivity index (χ4v) is 1.15. The SMILES string of the molecule is COC(=O)N[C@@H](C)C(=O)c1ccccc1. The lowest BCUT2D eigenvalue weighted by atomic mass is 10.1. The Morgan fingerprint density at radius 3 is 2.40 bits per heavy atom. The number of nitrogens with one attached hydrogen (secondary N) is 1. The lowest BCUT2D eigenvalue weighted by molar-refractivity contribution is 0.0940. The van der Waals surface area contributed by atoms with E-state index in [1.165, 1.54) is 7.11 Å². The third-order valence-electron chi connectivity index (χ3n) is 1.97. The highest BCUT2D eigenvalue weighted by atomic mass is 16.5. The van der Waals surface area contributed by atoms with Crippen molar-refractivity contribution in [3.8, 4) is 0 Å². The van der Waals surface area contributed by atoms with Gasteiger partial charge in [-0.25, -0.2) is 4.79 Å². The Labute approximate surface area is 88.2 Å². The van der Waals surface area contributed by atoms with Crippen LogP contribution in [-0.4, -0.2) is 25.0 Å². The zero-order valence-corrected chi connectivity index (χ0v) is 8.69. The Morgan fingerprint density at radius 2 is 1.87 bits per heavy atom. The number of alkyl carbamates (subject to hydrolysis) is 1. The molecule has 4 nitrogen and oxygen atoms in total. The molecule has 0 spiro atoms. The Kier molecular flexibility index (Phi) is 3.85. The van der Waals surface area contributed by atoms with Crippen LogP contribution in [0.25, 0.3) is 0 Å². The van der Waals surface area contributed by atoms with Gasteiger partial charge in [-0.2, -0.15) is 0 Å². The van der Waals surface area contributed by atoms with Gasteiger partial charge in [-0.15, -0.1) is 0 Å². The van der Waals surface area contributed by atoms with Crippen LogP contribution >= 0.6 is 0 Å². The first kappa shape index (κ1) is 11.2. The normalized spacial score (nSPS) is 11.6. The van der Waals surface area contributed by atoms with E-state index < -0.39 is 12.1 Å². The number of hydrogen-bond donors (Lipinski definition) is 1. The summed E-state index contributed by atoms with van der Waals surface area (Å²) in [7, 11) is 1.26. The molecule has 1 aromatic rings. The fraction of sp³-hybridized carbons (Fsp3) is 0.273. The van der Waals surface area contributed by atoms with Crippen LogP contribution in [0.4, 0.5) is 4.79 Å². The third-order valence-corrected chi connectivity index (χ3v) is 1.97. The highest BCUT2D eigenvalue weighted by molar-refractivity contribution is 6.01. The Hall–Kier alpha value is -1.84. The predicted molar refractivity (Wildman–Crippen MR) is 55.8 cm³/mol. The maximum absolute atomic E-state index is 11.7. The van der Waals surface area contributed by atoms with Crippen LogP contribution in [0.3, 0.4) is 0 Å². The summed E-state index contributed by atoms with van der Waals surface area (Å²) in [5.74, 6) is -0.138. The van der Waals surface area contributed by atoms with Crippen molar-refractivity contribution in [3.63, 3.8) is 0 Å². The van der Waals surface area contributed by atoms with E-state index in [2.05, 4.69) is 10.1 Å². The van der Waals surface area contributed by atoms with Gasteiger partial charge in [0.1, 0.15) is 0 Å². The maximum atomic E-state index is 11.7. The van der Waals surface area contributed by atoms with E-state index >= 15 is 0 Å². The molecule has 4 heteroatoms. The highest BCUT2D eigenvalue weighted by Crippen LogP contribution is 2.03. The average Bonchev–Trinajstić information content (AvgIpc) is 2.29. The van der Waals surface area contributed by atoms with Crippen LogP contribution in [0, 0.1) is 0 Å². The molecule has 0 saturated carbocycles. The van der Waals surface area contributed by atoms with Gasteiger partial charge in [-0.3, -0.25) is 4.79 Å². The smallest absolute Gasteiger partial charge is 0.407 e. The number of ether oxygens (including phenoxy) is 1. The van der Waals surface area contributed by atoms with E-state index in [1.807, 2.05) is 6.07 Å². The number of methoxy groups -OCH3 is 1. The van der Waals surface area contributed by atoms with Gasteiger partial charge in [0.25, 0.3) is 0 Å². The van der Waals surface area contributed by atoms with Gasteiger partial charge in [0.2, 0.25) is 0 Å². The number of hydrogen-bond acceptors (Lipinski definition) is 3. The number of carbonyl (C=O) groups is 2.